The van der Waals surface area contributed by atoms with Crippen LogP contribution in [0.25, 0.3) is 77.9 Å². The van der Waals surface area contributed by atoms with Gasteiger partial charge in [-0.3, -0.25) is 4.79 Å². The molecule has 0 aromatic heterocycles. The minimum Gasteiger partial charge on any atom is -0.425 e. The van der Waals surface area contributed by atoms with E-state index in [1.165, 1.54) is 252 Å². The van der Waals surface area contributed by atoms with Gasteiger partial charge in [-0.25, -0.2) is 0 Å². The number of hydrogen-bond donors (Lipinski definition) is 0. The highest BCUT2D eigenvalue weighted by Crippen LogP contribution is 2.60. The lowest BCUT2D eigenvalue weighted by Gasteiger charge is -2.34. The second-order valence-electron chi connectivity index (χ2n) is 28.6. The fourth-order valence-corrected chi connectivity index (χ4v) is 17.3. The van der Waals surface area contributed by atoms with Gasteiger partial charge in [0, 0.05) is 16.2 Å². The lowest BCUT2D eigenvalue weighted by molar-refractivity contribution is -0.133. The first-order chi connectivity index (χ1) is 45.6. The summed E-state index contributed by atoms with van der Waals surface area (Å²) >= 11 is 6.00. The minimum absolute atomic E-state index is 0.0534. The average molecular weight is 1260 g/mol. The van der Waals surface area contributed by atoms with Crippen LogP contribution in [0.4, 0.5) is 0 Å². The lowest BCUT2D eigenvalue weighted by Crippen LogP contribution is -2.26. The van der Waals surface area contributed by atoms with Crippen LogP contribution < -0.4 is 4.74 Å². The number of unbranched alkanes of at least 4 members (excludes halogenated alkanes) is 18. The predicted molar refractivity (Wildman–Crippen MR) is 400 cm³/mol. The van der Waals surface area contributed by atoms with E-state index in [1.54, 1.807) is 34.7 Å². The van der Waals surface area contributed by atoms with Crippen molar-refractivity contribution >= 4 is 17.6 Å². The molecule has 1 atom stereocenters. The zero-order chi connectivity index (χ0) is 64.8. The van der Waals surface area contributed by atoms with Crippen molar-refractivity contribution in [1.82, 2.24) is 0 Å². The Hall–Kier alpha value is -6.48. The molecule has 1 unspecified atom stereocenters. The summed E-state index contributed by atoms with van der Waals surface area (Å²) in [6, 6.07) is 64.7. The normalized spacial score (nSPS) is 14.5. The maximum Gasteiger partial charge on any atom is 0.329 e. The number of halogens is 1. The van der Waals surface area contributed by atoms with E-state index < -0.39 is 11.3 Å². The molecular weight excluding hydrogens is 1150 g/mol. The van der Waals surface area contributed by atoms with Gasteiger partial charge in [0.05, 0.1) is 0 Å². The van der Waals surface area contributed by atoms with E-state index in [1.807, 2.05) is 24.3 Å². The largest absolute Gasteiger partial charge is 0.425 e. The third-order valence-corrected chi connectivity index (χ3v) is 22.5. The van der Waals surface area contributed by atoms with Crippen molar-refractivity contribution in [2.75, 3.05) is 0 Å². The number of carbonyl (C=O) groups excluding carboxylic acids is 1. The van der Waals surface area contributed by atoms with E-state index in [9.17, 15) is 4.79 Å². The Kier molecular flexibility index (Phi) is 23.3. The molecule has 93 heavy (non-hydrogen) atoms. The highest BCUT2D eigenvalue weighted by atomic mass is 35.5. The Morgan fingerprint density at radius 3 is 0.828 bits per heavy atom. The predicted octanol–water partition coefficient (Wildman–Crippen LogP) is 27.5. The van der Waals surface area contributed by atoms with Gasteiger partial charge in [-0.05, 0) is 199 Å². The van der Waals surface area contributed by atoms with E-state index in [4.69, 9.17) is 16.3 Å². The fourth-order valence-electron chi connectivity index (χ4n) is 17.2. The van der Waals surface area contributed by atoms with Crippen molar-refractivity contribution in [2.24, 2.45) is 0 Å². The van der Waals surface area contributed by atoms with Gasteiger partial charge in [-0.1, -0.05) is 317 Å². The highest BCUT2D eigenvalue weighted by molar-refractivity contribution is 6.29. The molecule has 2 nitrogen and oxygen atoms in total. The maximum absolute atomic E-state index is 12.2. The molecule has 8 aromatic carbocycles. The number of alkyl halides is 1. The smallest absolute Gasteiger partial charge is 0.329 e. The van der Waals surface area contributed by atoms with Crippen molar-refractivity contribution in [3.05, 3.63) is 197 Å². The molecule has 0 spiro atoms. The van der Waals surface area contributed by atoms with Gasteiger partial charge in [0.2, 0.25) is 0 Å². The van der Waals surface area contributed by atoms with E-state index >= 15 is 0 Å². The molecule has 0 fully saturated rings. The molecule has 0 bridgehead atoms. The van der Waals surface area contributed by atoms with Gasteiger partial charge >= 0.3 is 5.97 Å². The van der Waals surface area contributed by atoms with Crippen LogP contribution >= 0.6 is 11.6 Å². The summed E-state index contributed by atoms with van der Waals surface area (Å²) in [5.41, 5.74) is 28.2. The van der Waals surface area contributed by atoms with Gasteiger partial charge in [0.25, 0.3) is 0 Å². The number of carbonyl (C=O) groups is 1. The Labute approximate surface area is 567 Å². The number of rotatable bonds is 36. The summed E-state index contributed by atoms with van der Waals surface area (Å²) in [7, 11) is 0. The van der Waals surface area contributed by atoms with Crippen LogP contribution in [0, 0.1) is 0 Å². The van der Waals surface area contributed by atoms with Crippen molar-refractivity contribution < 1.29 is 9.53 Å². The second-order valence-corrected chi connectivity index (χ2v) is 29.3. The van der Waals surface area contributed by atoms with Gasteiger partial charge in [-0.15, -0.1) is 11.6 Å². The molecule has 0 radical (unpaired) electrons. The Morgan fingerprint density at radius 1 is 0.301 bits per heavy atom. The SMILES string of the molecule is CCCCCCC1(CCCCCC)c2ccccc2-c2ccc(-c3ccc4c(c3)C(CCCCCC)(CCCCCC)c3cc(-c5ccc6c(c5)C(CCCCCC)(CCCCCC)c5cc(-c7ccc(-c8ccc(OC(=O)C(C)Cl)cc8)cc7)ccc5-6)ccc3-4)cc21. The minimum atomic E-state index is -0.699. The first-order valence-electron chi connectivity index (χ1n) is 37.5. The molecule has 0 heterocycles. The first kappa shape index (κ1) is 67.9. The van der Waals surface area contributed by atoms with E-state index in [2.05, 4.69) is 181 Å². The second kappa shape index (κ2) is 31.8. The number of hydrogen-bond acceptors (Lipinski definition) is 2. The van der Waals surface area contributed by atoms with Crippen molar-refractivity contribution in [1.29, 1.82) is 0 Å². The molecule has 0 saturated heterocycles. The molecule has 3 heteroatoms. The molecular formula is C90H109ClO2. The molecule has 488 valence electrons. The Balaban J connectivity index is 0.987. The van der Waals surface area contributed by atoms with Crippen LogP contribution in [0.15, 0.2) is 164 Å². The molecule has 8 aromatic rings. The number of fused-ring (bicyclic) bond motifs is 9. The summed E-state index contributed by atoms with van der Waals surface area (Å²) in [5.74, 6) is 0.0586. The topological polar surface area (TPSA) is 26.3 Å². The van der Waals surface area contributed by atoms with Crippen LogP contribution in [0.2, 0.25) is 0 Å². The van der Waals surface area contributed by atoms with Crippen LogP contribution in [0.3, 0.4) is 0 Å². The summed E-state index contributed by atoms with van der Waals surface area (Å²) in [6.45, 7) is 15.8. The van der Waals surface area contributed by atoms with E-state index in [0.717, 1.165) is 24.0 Å². The van der Waals surface area contributed by atoms with Crippen LogP contribution in [0.5, 0.6) is 5.75 Å². The molecule has 3 aliphatic carbocycles. The van der Waals surface area contributed by atoms with Gasteiger partial charge in [0.15, 0.2) is 0 Å². The molecule has 0 aliphatic heterocycles. The fraction of sp³-hybridized carbons (Fsp3) is 0.456. The number of benzene rings is 8. The molecule has 11 rings (SSSR count). The standard InChI is InChI=1S/C90H109ClO2/c1-8-14-20-28-54-88(55-29-21-15-9-2)81-35-27-26-34-75(81)76-50-43-70(61-82(76)88)71-44-52-79-80-53-46-73(64-86(80)90(85(79)62-71,58-32-24-18-12-5)59-33-25-19-13-6)72-45-51-78-77-49-42-69(60-83(77)89(84(78)63-72,56-30-22-16-10-3)57-31-23-17-11-4)68-38-36-66(37-39-68)67-40-47-74(48-41-67)93-87(92)65(7)91/h26-27,34-53,60-65H,8-25,28-33,54-59H2,1-7H3. The summed E-state index contributed by atoms with van der Waals surface area (Å²) in [4.78, 5) is 12.2. The first-order valence-corrected chi connectivity index (χ1v) is 37.9. The summed E-state index contributed by atoms with van der Waals surface area (Å²) < 4.78 is 5.48. The van der Waals surface area contributed by atoms with Crippen molar-refractivity contribution in [2.45, 2.75) is 263 Å². The summed E-state index contributed by atoms with van der Waals surface area (Å²) in [6.07, 6.45) is 37.6. The van der Waals surface area contributed by atoms with Gasteiger partial charge < -0.3 is 4.74 Å². The van der Waals surface area contributed by atoms with Crippen LogP contribution in [-0.4, -0.2) is 11.3 Å². The maximum atomic E-state index is 12.2. The van der Waals surface area contributed by atoms with E-state index in [-0.39, 0.29) is 16.2 Å². The third kappa shape index (κ3) is 14.4. The average Bonchev–Trinajstić information content (AvgIpc) is 1.58. The number of esters is 1. The number of ether oxygens (including phenoxy) is 1. The molecule has 3 aliphatic rings. The van der Waals surface area contributed by atoms with Crippen molar-refractivity contribution in [3.8, 4) is 83.6 Å². The molecule has 0 saturated carbocycles. The Bertz CT molecular complexity index is 3730. The molecule has 0 N–H and O–H groups in total. The highest BCUT2D eigenvalue weighted by Gasteiger charge is 2.46. The van der Waals surface area contributed by atoms with Gasteiger partial charge in [0.1, 0.15) is 11.1 Å². The van der Waals surface area contributed by atoms with E-state index in [0.29, 0.717) is 5.75 Å². The zero-order valence-electron chi connectivity index (χ0n) is 58.1. The lowest BCUT2D eigenvalue weighted by atomic mass is 9.69. The summed E-state index contributed by atoms with van der Waals surface area (Å²) in [5, 5.41) is -0.699. The van der Waals surface area contributed by atoms with Crippen LogP contribution in [-0.2, 0) is 21.0 Å². The zero-order valence-corrected chi connectivity index (χ0v) is 58.8. The quantitative estimate of drug-likeness (QED) is 0.0169. The third-order valence-electron chi connectivity index (χ3n) is 22.3. The molecule has 0 amide bonds. The van der Waals surface area contributed by atoms with Crippen LogP contribution in [0.1, 0.15) is 274 Å². The monoisotopic (exact) mass is 1260 g/mol. The van der Waals surface area contributed by atoms with Gasteiger partial charge in [-0.2, -0.15) is 0 Å². The Morgan fingerprint density at radius 2 is 0.538 bits per heavy atom. The van der Waals surface area contributed by atoms with Crippen molar-refractivity contribution in [3.63, 3.8) is 0 Å².